The molecule has 1 atom stereocenters. The number of carbonyl (C=O) groups is 1. The number of aliphatic hydroxyl groups is 1. The Morgan fingerprint density at radius 1 is 1.44 bits per heavy atom. The summed E-state index contributed by atoms with van der Waals surface area (Å²) >= 11 is 5.69. The first kappa shape index (κ1) is 21.1. The van der Waals surface area contributed by atoms with Crippen LogP contribution in [0.5, 0.6) is 0 Å². The maximum absolute atomic E-state index is 14.3. The SMILES string of the molecule is C/C=C(\C=C(\Cl)[NH2+]O)C(O)c1ccc(NC(=O)OC(C)(C)C)cc1F. The molecule has 0 aliphatic heterocycles. The van der Waals surface area contributed by atoms with Crippen LogP contribution in [0.1, 0.15) is 39.4 Å². The number of nitrogens with one attached hydrogen (secondary N) is 1. The summed E-state index contributed by atoms with van der Waals surface area (Å²) < 4.78 is 19.4. The molecule has 25 heavy (non-hydrogen) atoms. The first-order valence-corrected chi connectivity index (χ1v) is 7.93. The van der Waals surface area contributed by atoms with Crippen molar-refractivity contribution >= 4 is 23.4 Å². The lowest BCUT2D eigenvalue weighted by Gasteiger charge is -2.20. The first-order chi connectivity index (χ1) is 11.6. The number of nitrogens with two attached hydrogens (primary N) is 1. The van der Waals surface area contributed by atoms with Crippen molar-refractivity contribution in [1.29, 1.82) is 0 Å². The molecule has 0 aromatic heterocycles. The molecular formula is C17H23ClFN2O4+. The van der Waals surface area contributed by atoms with Crippen LogP contribution < -0.4 is 10.8 Å². The zero-order valence-corrected chi connectivity index (χ0v) is 15.3. The van der Waals surface area contributed by atoms with Gasteiger partial charge in [0.15, 0.2) is 0 Å². The zero-order valence-electron chi connectivity index (χ0n) is 14.5. The number of hydroxylamine groups is 1. The Morgan fingerprint density at radius 3 is 2.56 bits per heavy atom. The summed E-state index contributed by atoms with van der Waals surface area (Å²) in [4.78, 5) is 11.7. The van der Waals surface area contributed by atoms with Gasteiger partial charge in [-0.25, -0.2) is 14.4 Å². The van der Waals surface area contributed by atoms with Gasteiger partial charge in [-0.05, 0) is 57.0 Å². The smallest absolute Gasteiger partial charge is 0.412 e. The number of hydrogen-bond acceptors (Lipinski definition) is 4. The van der Waals surface area contributed by atoms with Gasteiger partial charge in [0.2, 0.25) is 5.16 Å². The summed E-state index contributed by atoms with van der Waals surface area (Å²) in [5, 5.41) is 21.6. The fourth-order valence-electron chi connectivity index (χ4n) is 1.94. The number of anilines is 1. The topological polar surface area (TPSA) is 95.4 Å². The van der Waals surface area contributed by atoms with Gasteiger partial charge >= 0.3 is 6.09 Å². The van der Waals surface area contributed by atoms with E-state index in [1.54, 1.807) is 33.8 Å². The Balaban J connectivity index is 2.96. The fraction of sp³-hybridized carbons (Fsp3) is 0.353. The van der Waals surface area contributed by atoms with Crippen LogP contribution >= 0.6 is 11.6 Å². The highest BCUT2D eigenvalue weighted by Gasteiger charge is 2.19. The summed E-state index contributed by atoms with van der Waals surface area (Å²) in [5.41, 5.74) is 0.502. The van der Waals surface area contributed by atoms with Crippen LogP contribution in [0.25, 0.3) is 0 Å². The van der Waals surface area contributed by atoms with Crippen LogP contribution in [-0.4, -0.2) is 22.0 Å². The van der Waals surface area contributed by atoms with Crippen molar-refractivity contribution in [2.45, 2.75) is 39.4 Å². The highest BCUT2D eigenvalue weighted by atomic mass is 35.5. The second kappa shape index (κ2) is 8.96. The molecule has 1 amide bonds. The van der Waals surface area contributed by atoms with Gasteiger partial charge in [0.25, 0.3) is 0 Å². The van der Waals surface area contributed by atoms with E-state index in [0.717, 1.165) is 6.07 Å². The molecule has 0 fully saturated rings. The number of ether oxygens (including phenoxy) is 1. The third kappa shape index (κ3) is 6.83. The van der Waals surface area contributed by atoms with Crippen LogP contribution in [0.15, 0.2) is 41.1 Å². The molecule has 5 N–H and O–H groups in total. The summed E-state index contributed by atoms with van der Waals surface area (Å²) in [5.74, 6) is -0.710. The predicted octanol–water partition coefficient (Wildman–Crippen LogP) is 3.19. The van der Waals surface area contributed by atoms with E-state index < -0.39 is 23.6 Å². The Labute approximate surface area is 150 Å². The van der Waals surface area contributed by atoms with Crippen molar-refractivity contribution in [2.75, 3.05) is 5.32 Å². The van der Waals surface area contributed by atoms with E-state index in [0.29, 0.717) is 11.1 Å². The molecule has 0 spiro atoms. The van der Waals surface area contributed by atoms with Gasteiger partial charge in [-0.15, -0.1) is 0 Å². The van der Waals surface area contributed by atoms with Gasteiger partial charge in [-0.2, -0.15) is 5.48 Å². The van der Waals surface area contributed by atoms with Crippen LogP contribution in [-0.2, 0) is 4.74 Å². The molecule has 1 unspecified atom stereocenters. The zero-order chi connectivity index (χ0) is 19.2. The van der Waals surface area contributed by atoms with E-state index in [-0.39, 0.29) is 16.4 Å². The molecule has 0 aliphatic carbocycles. The molecule has 8 heteroatoms. The summed E-state index contributed by atoms with van der Waals surface area (Å²) in [7, 11) is 0. The largest absolute Gasteiger partial charge is 0.444 e. The van der Waals surface area contributed by atoms with Crippen molar-refractivity contribution in [3.8, 4) is 0 Å². The van der Waals surface area contributed by atoms with Crippen LogP contribution in [0, 0.1) is 5.82 Å². The average Bonchev–Trinajstić information content (AvgIpc) is 2.49. The fourth-order valence-corrected chi connectivity index (χ4v) is 2.07. The second-order valence-corrected chi connectivity index (χ2v) is 6.65. The maximum atomic E-state index is 14.3. The van der Waals surface area contributed by atoms with Crippen molar-refractivity contribution in [2.24, 2.45) is 0 Å². The highest BCUT2D eigenvalue weighted by Crippen LogP contribution is 2.27. The third-order valence-electron chi connectivity index (χ3n) is 3.02. The minimum absolute atomic E-state index is 0.00138. The van der Waals surface area contributed by atoms with E-state index in [9.17, 15) is 14.3 Å². The molecule has 1 rings (SSSR count). The number of amides is 1. The average molecular weight is 374 g/mol. The van der Waals surface area contributed by atoms with Crippen LogP contribution in [0.3, 0.4) is 0 Å². The predicted molar refractivity (Wildman–Crippen MR) is 92.6 cm³/mol. The molecule has 0 bridgehead atoms. The molecule has 0 heterocycles. The molecule has 1 aromatic carbocycles. The van der Waals surface area contributed by atoms with E-state index in [2.05, 4.69) is 5.32 Å². The number of halogens is 2. The highest BCUT2D eigenvalue weighted by molar-refractivity contribution is 6.27. The second-order valence-electron chi connectivity index (χ2n) is 6.21. The van der Waals surface area contributed by atoms with Crippen LogP contribution in [0.4, 0.5) is 14.9 Å². The normalized spacial score (nSPS) is 14.2. The monoisotopic (exact) mass is 373 g/mol. The number of aliphatic hydroxyl groups excluding tert-OH is 1. The van der Waals surface area contributed by atoms with Gasteiger partial charge in [0, 0.05) is 17.3 Å². The molecule has 6 nitrogen and oxygen atoms in total. The Hall–Kier alpha value is -1.93. The van der Waals surface area contributed by atoms with Crippen molar-refractivity contribution in [3.63, 3.8) is 0 Å². The number of allylic oxidation sites excluding steroid dienone is 1. The Morgan fingerprint density at radius 2 is 2.08 bits per heavy atom. The Bertz CT molecular complexity index is 684. The maximum Gasteiger partial charge on any atom is 0.412 e. The van der Waals surface area contributed by atoms with E-state index in [1.807, 2.05) is 0 Å². The molecule has 0 saturated carbocycles. The van der Waals surface area contributed by atoms with Crippen molar-refractivity contribution < 1.29 is 29.7 Å². The number of carbonyl (C=O) groups excluding carboxylic acids is 1. The van der Waals surface area contributed by atoms with Crippen LogP contribution in [0.2, 0.25) is 0 Å². The minimum Gasteiger partial charge on any atom is -0.444 e. The Kier molecular flexibility index (Phi) is 7.57. The first-order valence-electron chi connectivity index (χ1n) is 7.55. The molecule has 138 valence electrons. The van der Waals surface area contributed by atoms with Crippen molar-refractivity contribution in [3.05, 3.63) is 52.5 Å². The van der Waals surface area contributed by atoms with Gasteiger partial charge in [-0.1, -0.05) is 12.1 Å². The van der Waals surface area contributed by atoms with E-state index >= 15 is 0 Å². The minimum atomic E-state index is -1.28. The van der Waals surface area contributed by atoms with Gasteiger partial charge in [0.1, 0.15) is 17.5 Å². The summed E-state index contributed by atoms with van der Waals surface area (Å²) in [6.45, 7) is 6.79. The molecule has 0 saturated heterocycles. The van der Waals surface area contributed by atoms with E-state index in [1.165, 1.54) is 18.2 Å². The van der Waals surface area contributed by atoms with E-state index in [4.69, 9.17) is 21.5 Å². The number of hydrogen-bond donors (Lipinski definition) is 4. The van der Waals surface area contributed by atoms with Crippen molar-refractivity contribution in [1.82, 2.24) is 0 Å². The summed E-state index contributed by atoms with van der Waals surface area (Å²) in [6, 6.07) is 3.88. The third-order valence-corrected chi connectivity index (χ3v) is 3.22. The quantitative estimate of drug-likeness (QED) is 0.362. The van der Waals surface area contributed by atoms with Gasteiger partial charge < -0.3 is 9.84 Å². The lowest BCUT2D eigenvalue weighted by molar-refractivity contribution is -0.844. The lowest BCUT2D eigenvalue weighted by atomic mass is 10.0. The molecule has 1 aromatic rings. The van der Waals surface area contributed by atoms with Gasteiger partial charge in [-0.3, -0.25) is 5.32 Å². The molecule has 0 radical (unpaired) electrons. The number of quaternary nitrogens is 1. The lowest BCUT2D eigenvalue weighted by Crippen LogP contribution is -2.77. The standard InChI is InChI=1S/C17H22ClFN2O4/c1-5-10(8-14(18)21-24)15(22)12-7-6-11(9-13(12)19)20-16(23)25-17(2,3)4/h5-9,15,21-22,24H,1-4H3,(H,20,23)/p+1/b10-5+,14-8-. The molecule has 0 aliphatic rings. The molecular weight excluding hydrogens is 351 g/mol. The summed E-state index contributed by atoms with van der Waals surface area (Å²) in [6.07, 6.45) is 0.873. The van der Waals surface area contributed by atoms with Gasteiger partial charge in [0.05, 0.1) is 0 Å². The number of benzene rings is 1. The number of rotatable bonds is 5.